The third-order valence-corrected chi connectivity index (χ3v) is 7.12. The quantitative estimate of drug-likeness (QED) is 0.175. The van der Waals surface area contributed by atoms with Gasteiger partial charge in [0.15, 0.2) is 0 Å². The molecular formula is C34H41F3N4O6. The molecule has 3 aromatic carbocycles. The minimum atomic E-state index is -4.87. The maximum absolute atomic E-state index is 13.6. The molecule has 3 rings (SSSR count). The maximum atomic E-state index is 13.6. The van der Waals surface area contributed by atoms with Gasteiger partial charge in [0.2, 0.25) is 5.91 Å². The van der Waals surface area contributed by atoms with Crippen LogP contribution in [0.5, 0.6) is 11.5 Å². The van der Waals surface area contributed by atoms with Gasteiger partial charge < -0.3 is 35.9 Å². The number of halogens is 3. The van der Waals surface area contributed by atoms with E-state index in [9.17, 15) is 27.6 Å². The average Bonchev–Trinajstić information content (AvgIpc) is 3.03. The van der Waals surface area contributed by atoms with E-state index in [0.29, 0.717) is 43.8 Å². The number of primary amides is 1. The summed E-state index contributed by atoms with van der Waals surface area (Å²) in [4.78, 5) is 40.7. The second-order valence-corrected chi connectivity index (χ2v) is 10.9. The number of alkyl halides is 3. The summed E-state index contributed by atoms with van der Waals surface area (Å²) < 4.78 is 53.5. The molecule has 47 heavy (non-hydrogen) atoms. The molecule has 0 spiro atoms. The predicted molar refractivity (Wildman–Crippen MR) is 170 cm³/mol. The van der Waals surface area contributed by atoms with Crippen LogP contribution in [0.2, 0.25) is 0 Å². The summed E-state index contributed by atoms with van der Waals surface area (Å²) in [7, 11) is 1.55. The van der Waals surface area contributed by atoms with Crippen LogP contribution in [0.25, 0.3) is 0 Å². The molecule has 0 aromatic heterocycles. The standard InChI is InChI=1S/C34H41F3N4O6/c1-4-12-41(13-5-2)32(43)25-17-24(31(39)42)18-26(19-25)33(44)46-30(21-40-20-23-9-7-10-27(15-23)45-3)29(38)16-22-8-6-11-28(14-22)47-34(35,36)37/h6-11,14-15,17-19,29-30,40H,4-5,12-13,16,20-21,38H2,1-3H3,(H2,39,42)/t29-,30+/m0/s1. The van der Waals surface area contributed by atoms with Crippen molar-refractivity contribution in [2.24, 2.45) is 11.5 Å². The summed E-state index contributed by atoms with van der Waals surface area (Å²) in [5, 5.41) is 3.20. The smallest absolute Gasteiger partial charge is 0.497 e. The number of amides is 2. The first kappa shape index (κ1) is 36.8. The minimum Gasteiger partial charge on any atom is -0.497 e. The van der Waals surface area contributed by atoms with E-state index in [2.05, 4.69) is 10.1 Å². The number of esters is 1. The van der Waals surface area contributed by atoms with Crippen molar-refractivity contribution in [3.05, 3.63) is 94.5 Å². The van der Waals surface area contributed by atoms with Crippen LogP contribution in [0.1, 0.15) is 68.9 Å². The Balaban J connectivity index is 1.88. The zero-order chi connectivity index (χ0) is 34.6. The van der Waals surface area contributed by atoms with Crippen molar-refractivity contribution in [3.63, 3.8) is 0 Å². The number of nitrogens with two attached hydrogens (primary N) is 2. The van der Waals surface area contributed by atoms with Crippen molar-refractivity contribution in [1.29, 1.82) is 0 Å². The van der Waals surface area contributed by atoms with Gasteiger partial charge in [-0.25, -0.2) is 4.79 Å². The summed E-state index contributed by atoms with van der Waals surface area (Å²) in [6.45, 7) is 5.25. The first-order valence-corrected chi connectivity index (χ1v) is 15.2. The average molecular weight is 659 g/mol. The minimum absolute atomic E-state index is 0.0297. The van der Waals surface area contributed by atoms with Crippen LogP contribution >= 0.6 is 0 Å². The fraction of sp³-hybridized carbons (Fsp3) is 0.382. The van der Waals surface area contributed by atoms with Gasteiger partial charge in [-0.2, -0.15) is 0 Å². The van der Waals surface area contributed by atoms with Gasteiger partial charge in [-0.05, 0) is 72.9 Å². The van der Waals surface area contributed by atoms with Crippen LogP contribution in [0.3, 0.4) is 0 Å². The van der Waals surface area contributed by atoms with Crippen LogP contribution < -0.4 is 26.3 Å². The second-order valence-electron chi connectivity index (χ2n) is 10.9. The van der Waals surface area contributed by atoms with E-state index in [-0.39, 0.29) is 35.6 Å². The molecule has 0 aliphatic rings. The largest absolute Gasteiger partial charge is 0.573 e. The zero-order valence-electron chi connectivity index (χ0n) is 26.6. The number of carbonyl (C=O) groups is 3. The van der Waals surface area contributed by atoms with E-state index in [1.807, 2.05) is 32.0 Å². The number of hydrogen-bond acceptors (Lipinski definition) is 8. The molecule has 0 fully saturated rings. The zero-order valence-corrected chi connectivity index (χ0v) is 26.6. The number of hydrogen-bond donors (Lipinski definition) is 3. The lowest BCUT2D eigenvalue weighted by Gasteiger charge is -2.25. The molecule has 0 aliphatic carbocycles. The Hall–Kier alpha value is -4.62. The molecule has 13 heteroatoms. The van der Waals surface area contributed by atoms with Gasteiger partial charge in [-0.15, -0.1) is 13.2 Å². The first-order chi connectivity index (χ1) is 22.3. The van der Waals surface area contributed by atoms with Crippen LogP contribution in [-0.2, 0) is 17.7 Å². The molecule has 5 N–H and O–H groups in total. The molecule has 0 heterocycles. The molecule has 0 bridgehead atoms. The van der Waals surface area contributed by atoms with Crippen molar-refractivity contribution in [3.8, 4) is 11.5 Å². The first-order valence-electron chi connectivity index (χ1n) is 15.2. The number of benzene rings is 3. The van der Waals surface area contributed by atoms with Gasteiger partial charge >= 0.3 is 12.3 Å². The van der Waals surface area contributed by atoms with Crippen LogP contribution in [-0.4, -0.2) is 67.9 Å². The van der Waals surface area contributed by atoms with E-state index in [1.165, 1.54) is 36.4 Å². The van der Waals surface area contributed by atoms with Crippen molar-refractivity contribution in [2.75, 3.05) is 26.7 Å². The monoisotopic (exact) mass is 658 g/mol. The molecule has 254 valence electrons. The topological polar surface area (TPSA) is 146 Å². The number of rotatable bonds is 17. The van der Waals surface area contributed by atoms with Crippen molar-refractivity contribution >= 4 is 17.8 Å². The van der Waals surface area contributed by atoms with Crippen LogP contribution in [0, 0.1) is 0 Å². The number of nitrogens with one attached hydrogen (secondary N) is 1. The number of methoxy groups -OCH3 is 1. The summed E-state index contributed by atoms with van der Waals surface area (Å²) in [5.41, 5.74) is 13.3. The molecule has 0 radical (unpaired) electrons. The summed E-state index contributed by atoms with van der Waals surface area (Å²) in [5.74, 6) is -1.81. The maximum Gasteiger partial charge on any atom is 0.573 e. The molecule has 3 aromatic rings. The fourth-order valence-corrected chi connectivity index (χ4v) is 4.95. The van der Waals surface area contributed by atoms with E-state index >= 15 is 0 Å². The summed E-state index contributed by atoms with van der Waals surface area (Å²) in [6.07, 6.45) is -4.41. The SMILES string of the molecule is CCCN(CCC)C(=O)c1cc(C(N)=O)cc(C(=O)O[C@H](CNCc2cccc(OC)c2)[C@@H](N)Cc2cccc(OC(F)(F)F)c2)c1. The Morgan fingerprint density at radius 2 is 1.47 bits per heavy atom. The molecule has 2 amide bonds. The molecule has 0 saturated heterocycles. The van der Waals surface area contributed by atoms with Gasteiger partial charge in [0, 0.05) is 43.3 Å². The Morgan fingerprint density at radius 1 is 0.872 bits per heavy atom. The van der Waals surface area contributed by atoms with Crippen molar-refractivity contribution in [2.45, 2.75) is 58.2 Å². The highest BCUT2D eigenvalue weighted by Gasteiger charge is 2.31. The predicted octanol–water partition coefficient (Wildman–Crippen LogP) is 4.84. The summed E-state index contributed by atoms with van der Waals surface area (Å²) >= 11 is 0. The van der Waals surface area contributed by atoms with Crippen molar-refractivity contribution in [1.82, 2.24) is 10.2 Å². The van der Waals surface area contributed by atoms with E-state index < -0.39 is 36.1 Å². The normalized spacial score (nSPS) is 12.6. The molecule has 0 unspecified atom stereocenters. The van der Waals surface area contributed by atoms with Gasteiger partial charge in [0.25, 0.3) is 5.91 Å². The summed E-state index contributed by atoms with van der Waals surface area (Å²) in [6, 6.07) is 15.7. The Labute approximate surface area is 272 Å². The Kier molecular flexibility index (Phi) is 13.6. The number of ether oxygens (including phenoxy) is 3. The molecular weight excluding hydrogens is 617 g/mol. The third kappa shape index (κ3) is 11.6. The number of carbonyl (C=O) groups excluding carboxylic acids is 3. The lowest BCUT2D eigenvalue weighted by atomic mass is 10.0. The number of nitrogens with zero attached hydrogens (tertiary/aromatic N) is 1. The lowest BCUT2D eigenvalue weighted by molar-refractivity contribution is -0.274. The van der Waals surface area contributed by atoms with Gasteiger partial charge in [-0.3, -0.25) is 9.59 Å². The third-order valence-electron chi connectivity index (χ3n) is 7.12. The van der Waals surface area contributed by atoms with Crippen LogP contribution in [0.15, 0.2) is 66.7 Å². The molecule has 10 nitrogen and oxygen atoms in total. The molecule has 0 aliphatic heterocycles. The van der Waals surface area contributed by atoms with E-state index in [1.54, 1.807) is 24.1 Å². The highest BCUT2D eigenvalue weighted by atomic mass is 19.4. The highest BCUT2D eigenvalue weighted by Crippen LogP contribution is 2.24. The second kappa shape index (κ2) is 17.3. The fourth-order valence-electron chi connectivity index (χ4n) is 4.95. The van der Waals surface area contributed by atoms with Gasteiger partial charge in [0.05, 0.1) is 12.7 Å². The highest BCUT2D eigenvalue weighted by molar-refractivity contribution is 6.03. The molecule has 2 atom stereocenters. The Bertz CT molecular complexity index is 1510. The van der Waals surface area contributed by atoms with Crippen LogP contribution in [0.4, 0.5) is 13.2 Å². The van der Waals surface area contributed by atoms with E-state index in [4.69, 9.17) is 20.9 Å². The molecule has 0 saturated carbocycles. The van der Waals surface area contributed by atoms with Gasteiger partial charge in [0.1, 0.15) is 17.6 Å². The van der Waals surface area contributed by atoms with Crippen molar-refractivity contribution < 1.29 is 41.8 Å². The Morgan fingerprint density at radius 3 is 2.09 bits per heavy atom. The van der Waals surface area contributed by atoms with E-state index in [0.717, 1.165) is 5.56 Å². The lowest BCUT2D eigenvalue weighted by Crippen LogP contribution is -2.46. The van der Waals surface area contributed by atoms with Gasteiger partial charge in [-0.1, -0.05) is 38.1 Å².